The highest BCUT2D eigenvalue weighted by molar-refractivity contribution is 5.78. The number of pyridine rings is 1. The quantitative estimate of drug-likeness (QED) is 0.836. The Labute approximate surface area is 114 Å². The highest BCUT2D eigenvalue weighted by atomic mass is 16.5. The second kappa shape index (κ2) is 5.59. The number of hydrogen-bond donors (Lipinski definition) is 0. The first-order valence-corrected chi connectivity index (χ1v) is 6.84. The van der Waals surface area contributed by atoms with Gasteiger partial charge in [-0.2, -0.15) is 0 Å². The topological polar surface area (TPSA) is 42.4 Å². The summed E-state index contributed by atoms with van der Waals surface area (Å²) in [5, 5.41) is 0. The lowest BCUT2D eigenvalue weighted by Crippen LogP contribution is -2.29. The fourth-order valence-electron chi connectivity index (χ4n) is 2.11. The van der Waals surface area contributed by atoms with E-state index in [9.17, 15) is 4.79 Å². The van der Waals surface area contributed by atoms with E-state index in [0.29, 0.717) is 25.5 Å². The Morgan fingerprint density at radius 1 is 1.37 bits per heavy atom. The van der Waals surface area contributed by atoms with Crippen molar-refractivity contribution in [3.63, 3.8) is 0 Å². The van der Waals surface area contributed by atoms with E-state index in [1.54, 1.807) is 0 Å². The fraction of sp³-hybridized carbons (Fsp3) is 0.600. The maximum atomic E-state index is 11.4. The molecule has 104 valence electrons. The van der Waals surface area contributed by atoms with Gasteiger partial charge in [0.2, 0.25) is 11.8 Å². The number of likely N-dealkylation sites (tertiary alicyclic amines) is 1. The fourth-order valence-corrected chi connectivity index (χ4v) is 2.11. The third-order valence-corrected chi connectivity index (χ3v) is 3.38. The number of hydrogen-bond acceptors (Lipinski definition) is 3. The van der Waals surface area contributed by atoms with E-state index < -0.39 is 0 Å². The molecular formula is C15H22N2O2. The molecule has 0 atom stereocenters. The summed E-state index contributed by atoms with van der Waals surface area (Å²) in [7, 11) is 0. The van der Waals surface area contributed by atoms with E-state index in [1.165, 1.54) is 5.56 Å². The van der Waals surface area contributed by atoms with Crippen LogP contribution in [0, 0.1) is 0 Å². The van der Waals surface area contributed by atoms with Gasteiger partial charge in [0.1, 0.15) is 6.61 Å². The van der Waals surface area contributed by atoms with Gasteiger partial charge in [-0.3, -0.25) is 4.79 Å². The molecule has 2 rings (SSSR count). The van der Waals surface area contributed by atoms with E-state index in [2.05, 4.69) is 25.8 Å². The van der Waals surface area contributed by atoms with Crippen LogP contribution in [0.5, 0.6) is 5.88 Å². The SMILES string of the molecule is CC(C)(C)c1ccc(OCCN2CCCC2=O)nc1. The second-order valence-electron chi connectivity index (χ2n) is 5.97. The Bertz CT molecular complexity index is 434. The molecule has 1 saturated heterocycles. The average Bonchev–Trinajstić information content (AvgIpc) is 2.75. The molecule has 0 unspecified atom stereocenters. The van der Waals surface area contributed by atoms with Crippen LogP contribution in [0.15, 0.2) is 18.3 Å². The lowest BCUT2D eigenvalue weighted by Gasteiger charge is -2.19. The molecule has 0 bridgehead atoms. The van der Waals surface area contributed by atoms with Crippen molar-refractivity contribution in [1.82, 2.24) is 9.88 Å². The first-order chi connectivity index (χ1) is 8.97. The van der Waals surface area contributed by atoms with E-state index in [-0.39, 0.29) is 11.3 Å². The van der Waals surface area contributed by atoms with Crippen LogP contribution in [0.1, 0.15) is 39.2 Å². The van der Waals surface area contributed by atoms with Crippen molar-refractivity contribution in [2.75, 3.05) is 19.7 Å². The minimum absolute atomic E-state index is 0.105. The molecule has 19 heavy (non-hydrogen) atoms. The molecule has 1 aromatic rings. The lowest BCUT2D eigenvalue weighted by atomic mass is 9.88. The van der Waals surface area contributed by atoms with Crippen LogP contribution in [-0.2, 0) is 10.2 Å². The lowest BCUT2D eigenvalue weighted by molar-refractivity contribution is -0.128. The molecule has 0 saturated carbocycles. The molecule has 1 aliphatic rings. The summed E-state index contributed by atoms with van der Waals surface area (Å²) in [4.78, 5) is 17.6. The van der Waals surface area contributed by atoms with Crippen LogP contribution < -0.4 is 4.74 Å². The Morgan fingerprint density at radius 2 is 2.16 bits per heavy atom. The van der Waals surface area contributed by atoms with Crippen molar-refractivity contribution in [2.24, 2.45) is 0 Å². The molecule has 0 aromatic carbocycles. The van der Waals surface area contributed by atoms with Gasteiger partial charge in [-0.1, -0.05) is 26.8 Å². The van der Waals surface area contributed by atoms with Gasteiger partial charge in [0.25, 0.3) is 0 Å². The van der Waals surface area contributed by atoms with Gasteiger partial charge in [0.15, 0.2) is 0 Å². The Hall–Kier alpha value is -1.58. The number of nitrogens with zero attached hydrogens (tertiary/aromatic N) is 2. The molecule has 4 heteroatoms. The zero-order valence-electron chi connectivity index (χ0n) is 12.0. The summed E-state index contributed by atoms with van der Waals surface area (Å²) in [6, 6.07) is 3.94. The molecule has 1 aliphatic heterocycles. The van der Waals surface area contributed by atoms with Crippen molar-refractivity contribution < 1.29 is 9.53 Å². The van der Waals surface area contributed by atoms with Crippen LogP contribution in [0.4, 0.5) is 0 Å². The second-order valence-corrected chi connectivity index (χ2v) is 5.97. The van der Waals surface area contributed by atoms with Crippen molar-refractivity contribution in [3.8, 4) is 5.88 Å². The van der Waals surface area contributed by atoms with Gasteiger partial charge >= 0.3 is 0 Å². The molecule has 0 aliphatic carbocycles. The minimum atomic E-state index is 0.105. The van der Waals surface area contributed by atoms with E-state index in [1.807, 2.05) is 23.2 Å². The number of ether oxygens (including phenoxy) is 1. The Kier molecular flexibility index (Phi) is 4.08. The average molecular weight is 262 g/mol. The van der Waals surface area contributed by atoms with Gasteiger partial charge in [-0.15, -0.1) is 0 Å². The first-order valence-electron chi connectivity index (χ1n) is 6.84. The van der Waals surface area contributed by atoms with E-state index in [0.717, 1.165) is 13.0 Å². The van der Waals surface area contributed by atoms with Crippen molar-refractivity contribution in [1.29, 1.82) is 0 Å². The van der Waals surface area contributed by atoms with Crippen molar-refractivity contribution in [3.05, 3.63) is 23.9 Å². The van der Waals surface area contributed by atoms with Crippen LogP contribution >= 0.6 is 0 Å². The number of carbonyl (C=O) groups is 1. The third-order valence-electron chi connectivity index (χ3n) is 3.38. The summed E-state index contributed by atoms with van der Waals surface area (Å²) in [5.41, 5.74) is 1.29. The molecular weight excluding hydrogens is 240 g/mol. The summed E-state index contributed by atoms with van der Waals surface area (Å²) in [6.45, 7) is 8.49. The Morgan fingerprint density at radius 3 is 2.68 bits per heavy atom. The van der Waals surface area contributed by atoms with Gasteiger partial charge in [-0.25, -0.2) is 4.98 Å². The van der Waals surface area contributed by atoms with Gasteiger partial charge in [0, 0.05) is 25.2 Å². The number of amides is 1. The molecule has 1 fully saturated rings. The van der Waals surface area contributed by atoms with Crippen LogP contribution in [0.2, 0.25) is 0 Å². The summed E-state index contributed by atoms with van der Waals surface area (Å²) < 4.78 is 5.58. The van der Waals surface area contributed by atoms with Crippen molar-refractivity contribution >= 4 is 5.91 Å². The molecule has 0 radical (unpaired) electrons. The summed E-state index contributed by atoms with van der Waals surface area (Å²) >= 11 is 0. The number of carbonyl (C=O) groups excluding carboxylic acids is 1. The van der Waals surface area contributed by atoms with Crippen molar-refractivity contribution in [2.45, 2.75) is 39.0 Å². The molecule has 2 heterocycles. The maximum absolute atomic E-state index is 11.4. The van der Waals surface area contributed by atoms with Gasteiger partial charge in [0.05, 0.1) is 6.54 Å². The van der Waals surface area contributed by atoms with E-state index >= 15 is 0 Å². The highest BCUT2D eigenvalue weighted by Gasteiger charge is 2.19. The maximum Gasteiger partial charge on any atom is 0.222 e. The number of rotatable bonds is 4. The largest absolute Gasteiger partial charge is 0.476 e. The van der Waals surface area contributed by atoms with Crippen LogP contribution in [0.3, 0.4) is 0 Å². The number of aromatic nitrogens is 1. The first kappa shape index (κ1) is 13.8. The Balaban J connectivity index is 1.82. The van der Waals surface area contributed by atoms with E-state index in [4.69, 9.17) is 4.74 Å². The summed E-state index contributed by atoms with van der Waals surface area (Å²) in [6.07, 6.45) is 3.51. The molecule has 1 amide bonds. The normalized spacial score (nSPS) is 15.9. The summed E-state index contributed by atoms with van der Waals surface area (Å²) in [5.74, 6) is 0.860. The predicted octanol–water partition coefficient (Wildman–Crippen LogP) is 2.38. The minimum Gasteiger partial charge on any atom is -0.476 e. The third kappa shape index (κ3) is 3.69. The predicted molar refractivity (Wildman–Crippen MR) is 74.2 cm³/mol. The van der Waals surface area contributed by atoms with Gasteiger partial charge in [-0.05, 0) is 17.4 Å². The standard InChI is InChI=1S/C15H22N2O2/c1-15(2,3)12-6-7-13(16-11-12)19-10-9-17-8-4-5-14(17)18/h6-7,11H,4-5,8-10H2,1-3H3. The van der Waals surface area contributed by atoms with Crippen LogP contribution in [-0.4, -0.2) is 35.5 Å². The molecule has 0 spiro atoms. The zero-order chi connectivity index (χ0) is 13.9. The molecule has 0 N–H and O–H groups in total. The zero-order valence-corrected chi connectivity index (χ0v) is 12.0. The molecule has 4 nitrogen and oxygen atoms in total. The smallest absolute Gasteiger partial charge is 0.222 e. The van der Waals surface area contributed by atoms with Gasteiger partial charge < -0.3 is 9.64 Å². The van der Waals surface area contributed by atoms with Crippen LogP contribution in [0.25, 0.3) is 0 Å². The molecule has 1 aromatic heterocycles. The monoisotopic (exact) mass is 262 g/mol. The highest BCUT2D eigenvalue weighted by Crippen LogP contribution is 2.22.